The molecule has 0 aliphatic carbocycles. The van der Waals surface area contributed by atoms with E-state index in [9.17, 15) is 17.2 Å². The summed E-state index contributed by atoms with van der Waals surface area (Å²) in [6.45, 7) is 5.00. The van der Waals surface area contributed by atoms with Gasteiger partial charge in [-0.15, -0.1) is 0 Å². The summed E-state index contributed by atoms with van der Waals surface area (Å²) < 4.78 is 53.7. The van der Waals surface area contributed by atoms with E-state index < -0.39 is 15.6 Å². The summed E-state index contributed by atoms with van der Waals surface area (Å²) in [5, 5.41) is 2.96. The summed E-state index contributed by atoms with van der Waals surface area (Å²) in [5.41, 5.74) is 0.0424. The average Bonchev–Trinajstić information content (AvgIpc) is 2.43. The van der Waals surface area contributed by atoms with Crippen molar-refractivity contribution in [2.24, 2.45) is 5.41 Å². The monoisotopic (exact) mass is 321 g/mol. The Hall–Kier alpha value is -1.21. The van der Waals surface area contributed by atoms with Crippen molar-refractivity contribution < 1.29 is 21.9 Å². The molecule has 1 aromatic carbocycles. The summed E-state index contributed by atoms with van der Waals surface area (Å²) in [6, 6.07) is 5.71. The second-order valence-corrected chi connectivity index (χ2v) is 7.45. The molecule has 0 radical (unpaired) electrons. The Balaban J connectivity index is 2.91. The lowest BCUT2D eigenvalue weighted by atomic mass is 9.89. The third-order valence-electron chi connectivity index (χ3n) is 3.17. The third kappa shape index (κ3) is 4.93. The molecule has 7 heteroatoms. The zero-order chi connectivity index (χ0) is 16.1. The molecule has 21 heavy (non-hydrogen) atoms. The number of rotatable bonds is 8. The number of benzene rings is 1. The molecule has 0 aromatic heterocycles. The maximum atomic E-state index is 12.7. The Morgan fingerprint density at radius 1 is 1.29 bits per heavy atom. The summed E-state index contributed by atoms with van der Waals surface area (Å²) >= 11 is 0. The molecule has 0 saturated heterocycles. The number of anilines is 1. The highest BCUT2D eigenvalue weighted by Crippen LogP contribution is 2.28. The topological polar surface area (TPSA) is 55.4 Å². The highest BCUT2D eigenvalue weighted by Gasteiger charge is 2.29. The Bertz CT molecular complexity index is 559. The summed E-state index contributed by atoms with van der Waals surface area (Å²) in [5.74, 6) is -3.43. The number of nitrogens with one attached hydrogen (secondary N) is 1. The second kappa shape index (κ2) is 7.17. The highest BCUT2D eigenvalue weighted by molar-refractivity contribution is 7.91. The van der Waals surface area contributed by atoms with Gasteiger partial charge in [-0.25, -0.2) is 8.42 Å². The SMILES string of the molecule is COCCC(C)(C)CNc1ccccc1S(=O)(=O)C(F)F. The first-order valence-corrected chi connectivity index (χ1v) is 8.09. The molecule has 0 aliphatic rings. The van der Waals surface area contributed by atoms with Crippen LogP contribution in [0.1, 0.15) is 20.3 Å². The minimum atomic E-state index is -4.61. The zero-order valence-electron chi connectivity index (χ0n) is 12.4. The van der Waals surface area contributed by atoms with Gasteiger partial charge in [0.1, 0.15) is 0 Å². The molecule has 0 bridgehead atoms. The molecule has 0 aliphatic heterocycles. The van der Waals surface area contributed by atoms with E-state index in [4.69, 9.17) is 4.74 Å². The lowest BCUT2D eigenvalue weighted by Crippen LogP contribution is -2.25. The Morgan fingerprint density at radius 3 is 2.48 bits per heavy atom. The van der Waals surface area contributed by atoms with Gasteiger partial charge in [0.25, 0.3) is 0 Å². The zero-order valence-corrected chi connectivity index (χ0v) is 13.2. The van der Waals surface area contributed by atoms with Crippen LogP contribution in [0.15, 0.2) is 29.2 Å². The molecule has 1 N–H and O–H groups in total. The number of halogens is 2. The van der Waals surface area contributed by atoms with E-state index >= 15 is 0 Å². The fourth-order valence-electron chi connectivity index (χ4n) is 1.76. The number of methoxy groups -OCH3 is 1. The highest BCUT2D eigenvalue weighted by atomic mass is 32.2. The van der Waals surface area contributed by atoms with Gasteiger partial charge in [0.2, 0.25) is 9.84 Å². The normalized spacial score (nSPS) is 12.7. The summed E-state index contributed by atoms with van der Waals surface area (Å²) in [7, 11) is -3.01. The molecule has 0 spiro atoms. The van der Waals surface area contributed by atoms with Crippen molar-refractivity contribution in [2.45, 2.75) is 30.9 Å². The predicted octanol–water partition coefficient (Wildman–Crippen LogP) is 3.16. The van der Waals surface area contributed by atoms with Crippen LogP contribution in [-0.2, 0) is 14.6 Å². The van der Waals surface area contributed by atoms with E-state index in [2.05, 4.69) is 5.32 Å². The van der Waals surface area contributed by atoms with Crippen molar-refractivity contribution in [3.05, 3.63) is 24.3 Å². The maximum absolute atomic E-state index is 12.7. The molecule has 1 aromatic rings. The number of alkyl halides is 2. The Kier molecular flexibility index (Phi) is 6.10. The van der Waals surface area contributed by atoms with E-state index in [1.165, 1.54) is 18.2 Å². The van der Waals surface area contributed by atoms with Crippen LogP contribution in [0.25, 0.3) is 0 Å². The molecule has 0 heterocycles. The van der Waals surface area contributed by atoms with Crippen molar-refractivity contribution in [3.63, 3.8) is 0 Å². The van der Waals surface area contributed by atoms with Crippen LogP contribution in [0.2, 0.25) is 0 Å². The molecule has 0 unspecified atom stereocenters. The minimum Gasteiger partial charge on any atom is -0.385 e. The largest absolute Gasteiger partial charge is 0.385 e. The van der Waals surface area contributed by atoms with Gasteiger partial charge in [0.05, 0.1) is 10.6 Å². The first-order valence-electron chi connectivity index (χ1n) is 6.54. The third-order valence-corrected chi connectivity index (χ3v) is 4.61. The number of ether oxygens (including phenoxy) is 1. The predicted molar refractivity (Wildman–Crippen MR) is 78.4 cm³/mol. The van der Waals surface area contributed by atoms with E-state index in [-0.39, 0.29) is 16.0 Å². The van der Waals surface area contributed by atoms with Gasteiger partial charge in [-0.3, -0.25) is 0 Å². The fraction of sp³-hybridized carbons (Fsp3) is 0.571. The first kappa shape index (κ1) is 17.8. The molecule has 4 nitrogen and oxygen atoms in total. The Labute approximate surface area is 124 Å². The second-order valence-electron chi connectivity index (χ2n) is 5.56. The van der Waals surface area contributed by atoms with Gasteiger partial charge in [0.15, 0.2) is 0 Å². The van der Waals surface area contributed by atoms with Crippen LogP contribution in [-0.4, -0.2) is 34.4 Å². The van der Waals surface area contributed by atoms with Crippen molar-refractivity contribution in [1.82, 2.24) is 0 Å². The Morgan fingerprint density at radius 2 is 1.90 bits per heavy atom. The van der Waals surface area contributed by atoms with Crippen molar-refractivity contribution in [1.29, 1.82) is 0 Å². The van der Waals surface area contributed by atoms with Crippen LogP contribution in [0.4, 0.5) is 14.5 Å². The van der Waals surface area contributed by atoms with Crippen molar-refractivity contribution in [2.75, 3.05) is 25.6 Å². The fourth-order valence-corrected chi connectivity index (χ4v) is 2.66. The number of hydrogen-bond acceptors (Lipinski definition) is 4. The van der Waals surface area contributed by atoms with Crippen LogP contribution in [0.5, 0.6) is 0 Å². The van der Waals surface area contributed by atoms with Crippen molar-refractivity contribution >= 4 is 15.5 Å². The van der Waals surface area contributed by atoms with Crippen molar-refractivity contribution in [3.8, 4) is 0 Å². The van der Waals surface area contributed by atoms with Gasteiger partial charge in [0, 0.05) is 20.3 Å². The molecule has 120 valence electrons. The molecule has 0 atom stereocenters. The molecule has 0 amide bonds. The quantitative estimate of drug-likeness (QED) is 0.799. The molecular weight excluding hydrogens is 300 g/mol. The number of hydrogen-bond donors (Lipinski definition) is 1. The number of para-hydroxylation sites is 1. The molecule has 0 saturated carbocycles. The first-order chi connectivity index (χ1) is 9.70. The van der Waals surface area contributed by atoms with Gasteiger partial charge >= 0.3 is 5.76 Å². The summed E-state index contributed by atoms with van der Waals surface area (Å²) in [4.78, 5) is -0.373. The standard InChI is InChI=1S/C14H21F2NO3S/c1-14(2,8-9-20-3)10-17-11-6-4-5-7-12(11)21(18,19)13(15)16/h4-7,13,17H,8-10H2,1-3H3. The smallest absolute Gasteiger partial charge is 0.341 e. The van der Waals surface area contributed by atoms with Crippen LogP contribution in [0.3, 0.4) is 0 Å². The van der Waals surface area contributed by atoms with Gasteiger partial charge < -0.3 is 10.1 Å². The van der Waals surface area contributed by atoms with E-state index in [0.29, 0.717) is 13.2 Å². The van der Waals surface area contributed by atoms with Gasteiger partial charge in [-0.2, -0.15) is 8.78 Å². The molecule has 1 rings (SSSR count). The van der Waals surface area contributed by atoms with Crippen LogP contribution < -0.4 is 5.32 Å². The lowest BCUT2D eigenvalue weighted by molar-refractivity contribution is 0.157. The maximum Gasteiger partial charge on any atom is 0.341 e. The molecular formula is C14H21F2NO3S. The van der Waals surface area contributed by atoms with Gasteiger partial charge in [-0.05, 0) is 24.0 Å². The lowest BCUT2D eigenvalue weighted by Gasteiger charge is -2.25. The van der Waals surface area contributed by atoms with E-state index in [1.807, 2.05) is 13.8 Å². The van der Waals surface area contributed by atoms with Crippen LogP contribution in [0, 0.1) is 5.41 Å². The number of sulfone groups is 1. The molecule has 0 fully saturated rings. The average molecular weight is 321 g/mol. The van der Waals surface area contributed by atoms with Crippen LogP contribution >= 0.6 is 0 Å². The van der Waals surface area contributed by atoms with Gasteiger partial charge in [-0.1, -0.05) is 26.0 Å². The summed E-state index contributed by atoms with van der Waals surface area (Å²) in [6.07, 6.45) is 0.764. The minimum absolute atomic E-state index is 0.155. The van der Waals surface area contributed by atoms with E-state index in [1.54, 1.807) is 13.2 Å². The van der Waals surface area contributed by atoms with E-state index in [0.717, 1.165) is 6.42 Å².